The van der Waals surface area contributed by atoms with Crippen molar-refractivity contribution < 1.29 is 9.59 Å². The molecule has 2 N–H and O–H groups in total. The molecule has 0 aromatic heterocycles. The van der Waals surface area contributed by atoms with Gasteiger partial charge in [0.1, 0.15) is 6.04 Å². The number of imide groups is 1. The first-order valence-electron chi connectivity index (χ1n) is 5.45. The van der Waals surface area contributed by atoms with Gasteiger partial charge in [0.15, 0.2) is 0 Å². The van der Waals surface area contributed by atoms with Crippen molar-refractivity contribution in [2.45, 2.75) is 24.8 Å². The van der Waals surface area contributed by atoms with Crippen LogP contribution in [0.1, 0.15) is 35.9 Å². The Morgan fingerprint density at radius 1 is 1.00 bits per heavy atom. The zero-order chi connectivity index (χ0) is 11.1. The lowest BCUT2D eigenvalue weighted by Gasteiger charge is -2.08. The van der Waals surface area contributed by atoms with E-state index in [2.05, 4.69) is 10.6 Å². The summed E-state index contributed by atoms with van der Waals surface area (Å²) in [5.41, 5.74) is 2.17. The van der Waals surface area contributed by atoms with E-state index in [1.54, 1.807) is 0 Å². The highest BCUT2D eigenvalue weighted by molar-refractivity contribution is 6.04. The summed E-state index contributed by atoms with van der Waals surface area (Å²) < 4.78 is 0. The molecule has 4 heteroatoms. The number of carbonyl (C=O) groups is 2. The number of rotatable bonds is 2. The molecule has 1 heterocycles. The van der Waals surface area contributed by atoms with Crippen LogP contribution >= 0.6 is 0 Å². The van der Waals surface area contributed by atoms with E-state index in [-0.39, 0.29) is 5.91 Å². The van der Waals surface area contributed by atoms with E-state index in [0.29, 0.717) is 5.92 Å². The smallest absolute Gasteiger partial charge is 0.322 e. The van der Waals surface area contributed by atoms with Gasteiger partial charge in [0.05, 0.1) is 0 Å². The monoisotopic (exact) mass is 216 g/mol. The molecule has 0 radical (unpaired) electrons. The molecule has 82 valence electrons. The Labute approximate surface area is 93.0 Å². The summed E-state index contributed by atoms with van der Waals surface area (Å²) in [6.07, 6.45) is 2.53. The summed E-state index contributed by atoms with van der Waals surface area (Å²) in [5.74, 6) is 0.435. The largest absolute Gasteiger partial charge is 0.322 e. The Morgan fingerprint density at radius 2 is 1.62 bits per heavy atom. The number of urea groups is 1. The van der Waals surface area contributed by atoms with Crippen LogP contribution in [0, 0.1) is 0 Å². The third-order valence-electron chi connectivity index (χ3n) is 3.09. The van der Waals surface area contributed by atoms with Crippen LogP contribution in [0.3, 0.4) is 0 Å². The third kappa shape index (κ3) is 1.56. The molecular formula is C12H12N2O2. The molecule has 1 saturated carbocycles. The van der Waals surface area contributed by atoms with Crippen molar-refractivity contribution in [3.05, 3.63) is 35.4 Å². The van der Waals surface area contributed by atoms with Gasteiger partial charge in [-0.1, -0.05) is 24.3 Å². The second-order valence-corrected chi connectivity index (χ2v) is 4.34. The molecule has 16 heavy (non-hydrogen) atoms. The standard InChI is InChI=1S/C12H12N2O2/c15-11-10(13-12(16)14-11)9-5-3-8(4-6-9)7-1-2-7/h3-7,10H,1-2H2,(H2,13,14,15,16). The summed E-state index contributed by atoms with van der Waals surface area (Å²) in [6.45, 7) is 0. The van der Waals surface area contributed by atoms with Gasteiger partial charge in [0, 0.05) is 0 Å². The first-order valence-corrected chi connectivity index (χ1v) is 5.45. The fourth-order valence-corrected chi connectivity index (χ4v) is 2.03. The Balaban J connectivity index is 1.83. The lowest BCUT2D eigenvalue weighted by Crippen LogP contribution is -2.22. The van der Waals surface area contributed by atoms with Gasteiger partial charge in [0.2, 0.25) is 0 Å². The van der Waals surface area contributed by atoms with Crippen molar-refractivity contribution >= 4 is 11.9 Å². The molecule has 1 aliphatic heterocycles. The Morgan fingerprint density at radius 3 is 2.12 bits per heavy atom. The summed E-state index contributed by atoms with van der Waals surface area (Å²) in [4.78, 5) is 22.4. The molecule has 1 atom stereocenters. The van der Waals surface area contributed by atoms with Crippen LogP contribution in [0.5, 0.6) is 0 Å². The first-order chi connectivity index (χ1) is 7.74. The maximum absolute atomic E-state index is 11.4. The molecule has 1 aromatic carbocycles. The molecule has 2 fully saturated rings. The lowest BCUT2D eigenvalue weighted by atomic mass is 10.0. The first kappa shape index (κ1) is 9.39. The minimum atomic E-state index is -0.527. The maximum atomic E-state index is 11.4. The highest BCUT2D eigenvalue weighted by Crippen LogP contribution is 2.40. The fraction of sp³-hybridized carbons (Fsp3) is 0.333. The number of hydrogen-bond acceptors (Lipinski definition) is 2. The zero-order valence-corrected chi connectivity index (χ0v) is 8.69. The van der Waals surface area contributed by atoms with Crippen LogP contribution in [0.2, 0.25) is 0 Å². The number of hydrogen-bond donors (Lipinski definition) is 2. The van der Waals surface area contributed by atoms with E-state index in [4.69, 9.17) is 0 Å². The van der Waals surface area contributed by atoms with Gasteiger partial charge in [-0.2, -0.15) is 0 Å². The van der Waals surface area contributed by atoms with E-state index in [1.165, 1.54) is 18.4 Å². The van der Waals surface area contributed by atoms with Crippen molar-refractivity contribution in [1.29, 1.82) is 0 Å². The second-order valence-electron chi connectivity index (χ2n) is 4.34. The summed E-state index contributed by atoms with van der Waals surface area (Å²) in [6, 6.07) is 6.99. The Hall–Kier alpha value is -1.84. The molecule has 1 saturated heterocycles. The average Bonchev–Trinajstić information content (AvgIpc) is 3.05. The molecule has 1 aromatic rings. The summed E-state index contributed by atoms with van der Waals surface area (Å²) in [5, 5.41) is 4.81. The highest BCUT2D eigenvalue weighted by Gasteiger charge is 2.31. The van der Waals surface area contributed by atoms with Gasteiger partial charge in [-0.3, -0.25) is 10.1 Å². The van der Waals surface area contributed by atoms with E-state index < -0.39 is 12.1 Å². The molecule has 3 amide bonds. The van der Waals surface area contributed by atoms with Gasteiger partial charge in [-0.15, -0.1) is 0 Å². The lowest BCUT2D eigenvalue weighted by molar-refractivity contribution is -0.120. The minimum Gasteiger partial charge on any atom is -0.322 e. The number of amides is 3. The highest BCUT2D eigenvalue weighted by atomic mass is 16.2. The van der Waals surface area contributed by atoms with Crippen molar-refractivity contribution in [2.75, 3.05) is 0 Å². The number of nitrogens with one attached hydrogen (secondary N) is 2. The maximum Gasteiger partial charge on any atom is 0.322 e. The third-order valence-corrected chi connectivity index (χ3v) is 3.09. The molecular weight excluding hydrogens is 204 g/mol. The minimum absolute atomic E-state index is 0.274. The van der Waals surface area contributed by atoms with E-state index in [9.17, 15) is 9.59 Å². The Kier molecular flexibility index (Phi) is 1.96. The second kappa shape index (κ2) is 3.33. The molecule has 3 rings (SSSR count). The molecule has 1 aliphatic carbocycles. The van der Waals surface area contributed by atoms with Gasteiger partial charge in [-0.25, -0.2) is 4.79 Å². The van der Waals surface area contributed by atoms with Crippen LogP contribution in [-0.2, 0) is 4.79 Å². The molecule has 4 nitrogen and oxygen atoms in total. The van der Waals surface area contributed by atoms with Crippen molar-refractivity contribution in [2.24, 2.45) is 0 Å². The molecule has 1 unspecified atom stereocenters. The average molecular weight is 216 g/mol. The topological polar surface area (TPSA) is 58.2 Å². The Bertz CT molecular complexity index is 449. The van der Waals surface area contributed by atoms with Crippen molar-refractivity contribution in [1.82, 2.24) is 10.6 Å². The quantitative estimate of drug-likeness (QED) is 0.735. The van der Waals surface area contributed by atoms with Crippen LogP contribution in [0.4, 0.5) is 4.79 Å². The fourth-order valence-electron chi connectivity index (χ4n) is 2.03. The summed E-state index contributed by atoms with van der Waals surface area (Å²) >= 11 is 0. The van der Waals surface area contributed by atoms with Gasteiger partial charge < -0.3 is 5.32 Å². The van der Waals surface area contributed by atoms with Crippen LogP contribution in [0.15, 0.2) is 24.3 Å². The van der Waals surface area contributed by atoms with Gasteiger partial charge in [0.25, 0.3) is 5.91 Å². The van der Waals surface area contributed by atoms with Crippen molar-refractivity contribution in [3.8, 4) is 0 Å². The van der Waals surface area contributed by atoms with E-state index in [0.717, 1.165) is 5.56 Å². The normalized spacial score (nSPS) is 24.1. The molecule has 0 spiro atoms. The molecule has 2 aliphatic rings. The van der Waals surface area contributed by atoms with E-state index >= 15 is 0 Å². The SMILES string of the molecule is O=C1NC(=O)C(c2ccc(C3CC3)cc2)N1. The van der Waals surface area contributed by atoms with Crippen LogP contribution in [0.25, 0.3) is 0 Å². The van der Waals surface area contributed by atoms with Crippen LogP contribution in [-0.4, -0.2) is 11.9 Å². The van der Waals surface area contributed by atoms with Crippen molar-refractivity contribution in [3.63, 3.8) is 0 Å². The predicted molar refractivity (Wildman–Crippen MR) is 57.8 cm³/mol. The molecule has 0 bridgehead atoms. The summed E-state index contributed by atoms with van der Waals surface area (Å²) in [7, 11) is 0. The number of carbonyl (C=O) groups excluding carboxylic acids is 2. The zero-order valence-electron chi connectivity index (χ0n) is 8.69. The predicted octanol–water partition coefficient (Wildman–Crippen LogP) is 1.44. The van der Waals surface area contributed by atoms with Crippen LogP contribution < -0.4 is 10.6 Å². The van der Waals surface area contributed by atoms with Gasteiger partial charge in [-0.05, 0) is 29.9 Å². The number of benzene rings is 1. The van der Waals surface area contributed by atoms with Gasteiger partial charge >= 0.3 is 6.03 Å². The van der Waals surface area contributed by atoms with E-state index in [1.807, 2.05) is 24.3 Å².